The Morgan fingerprint density at radius 3 is 2.80 bits per heavy atom. The lowest BCUT2D eigenvalue weighted by Gasteiger charge is -2.04. The van der Waals surface area contributed by atoms with Gasteiger partial charge in [-0.1, -0.05) is 19.9 Å². The van der Waals surface area contributed by atoms with E-state index in [0.717, 1.165) is 26.9 Å². The summed E-state index contributed by atoms with van der Waals surface area (Å²) in [5.41, 5.74) is 2.22. The van der Waals surface area contributed by atoms with E-state index in [1.54, 1.807) is 29.2 Å². The van der Waals surface area contributed by atoms with Crippen molar-refractivity contribution in [2.75, 3.05) is 0 Å². The number of aryl methyl sites for hydroxylation is 1. The lowest BCUT2D eigenvalue weighted by Crippen LogP contribution is -1.99. The highest BCUT2D eigenvalue weighted by atomic mass is 32.2. The standard InChI is InChI=1S/C15H17NO2S2/c1-9(2)14-16-11(8-20-14)7-19-12-5-4-10(3)13(6-12)15(17)18/h4-6,8-9H,7H2,1-3H3,(H,17,18). The van der Waals surface area contributed by atoms with Crippen LogP contribution in [0.2, 0.25) is 0 Å². The molecule has 0 aliphatic rings. The molecule has 0 saturated carbocycles. The molecule has 1 aromatic carbocycles. The third-order valence-corrected chi connectivity index (χ3v) is 5.11. The quantitative estimate of drug-likeness (QED) is 0.822. The highest BCUT2D eigenvalue weighted by Crippen LogP contribution is 2.27. The number of carboxylic acids is 1. The summed E-state index contributed by atoms with van der Waals surface area (Å²) in [5, 5.41) is 12.3. The molecule has 20 heavy (non-hydrogen) atoms. The summed E-state index contributed by atoms with van der Waals surface area (Å²) in [6, 6.07) is 5.55. The zero-order chi connectivity index (χ0) is 14.7. The number of rotatable bonds is 5. The Hall–Kier alpha value is -1.33. The number of thiazole rings is 1. The molecule has 1 aromatic heterocycles. The molecule has 0 spiro atoms. The van der Waals surface area contributed by atoms with Crippen LogP contribution in [0.1, 0.15) is 46.4 Å². The molecule has 0 unspecified atom stereocenters. The van der Waals surface area contributed by atoms with Gasteiger partial charge in [0.1, 0.15) is 0 Å². The smallest absolute Gasteiger partial charge is 0.335 e. The third-order valence-electron chi connectivity index (χ3n) is 2.89. The van der Waals surface area contributed by atoms with Gasteiger partial charge in [-0.3, -0.25) is 0 Å². The van der Waals surface area contributed by atoms with Gasteiger partial charge in [0.25, 0.3) is 0 Å². The van der Waals surface area contributed by atoms with Crippen LogP contribution >= 0.6 is 23.1 Å². The summed E-state index contributed by atoms with van der Waals surface area (Å²) in [6.07, 6.45) is 0. The van der Waals surface area contributed by atoms with Crippen molar-refractivity contribution in [3.63, 3.8) is 0 Å². The average molecular weight is 307 g/mol. The number of aromatic carboxylic acids is 1. The largest absolute Gasteiger partial charge is 0.478 e. The number of carbonyl (C=O) groups is 1. The monoisotopic (exact) mass is 307 g/mol. The number of nitrogens with zero attached hydrogens (tertiary/aromatic N) is 1. The molecule has 0 aliphatic carbocycles. The zero-order valence-electron chi connectivity index (χ0n) is 11.7. The van der Waals surface area contributed by atoms with Crippen LogP contribution in [0.3, 0.4) is 0 Å². The first kappa shape index (κ1) is 15.1. The van der Waals surface area contributed by atoms with E-state index in [-0.39, 0.29) is 0 Å². The Morgan fingerprint density at radius 2 is 2.20 bits per heavy atom. The first-order valence-corrected chi connectivity index (χ1v) is 8.25. The van der Waals surface area contributed by atoms with Crippen LogP contribution in [0.25, 0.3) is 0 Å². The highest BCUT2D eigenvalue weighted by molar-refractivity contribution is 7.98. The zero-order valence-corrected chi connectivity index (χ0v) is 13.3. The van der Waals surface area contributed by atoms with Crippen LogP contribution in [-0.2, 0) is 5.75 Å². The predicted molar refractivity (Wildman–Crippen MR) is 83.9 cm³/mol. The number of aromatic nitrogens is 1. The van der Waals surface area contributed by atoms with Gasteiger partial charge in [0.15, 0.2) is 0 Å². The second-order valence-electron chi connectivity index (χ2n) is 4.90. The Kier molecular flexibility index (Phi) is 4.83. The van der Waals surface area contributed by atoms with E-state index in [1.807, 2.05) is 19.1 Å². The number of hydrogen-bond acceptors (Lipinski definition) is 4. The fraction of sp³-hybridized carbons (Fsp3) is 0.333. The van der Waals surface area contributed by atoms with Crippen molar-refractivity contribution in [3.05, 3.63) is 45.4 Å². The number of benzene rings is 1. The fourth-order valence-corrected chi connectivity index (χ4v) is 3.50. The van der Waals surface area contributed by atoms with E-state index in [0.29, 0.717) is 11.5 Å². The minimum atomic E-state index is -0.874. The molecule has 0 aliphatic heterocycles. The van der Waals surface area contributed by atoms with Crippen LogP contribution in [-0.4, -0.2) is 16.1 Å². The van der Waals surface area contributed by atoms with Gasteiger partial charge in [-0.05, 0) is 24.6 Å². The first-order chi connectivity index (χ1) is 9.47. The molecule has 0 saturated heterocycles. The number of thioether (sulfide) groups is 1. The van der Waals surface area contributed by atoms with Crippen molar-refractivity contribution in [3.8, 4) is 0 Å². The van der Waals surface area contributed by atoms with Crippen LogP contribution in [0.4, 0.5) is 0 Å². The van der Waals surface area contributed by atoms with Gasteiger partial charge in [0, 0.05) is 21.9 Å². The molecule has 2 aromatic rings. The van der Waals surface area contributed by atoms with Crippen molar-refractivity contribution in [1.82, 2.24) is 4.98 Å². The second-order valence-corrected chi connectivity index (χ2v) is 6.84. The summed E-state index contributed by atoms with van der Waals surface area (Å²) in [6.45, 7) is 6.08. The molecule has 3 nitrogen and oxygen atoms in total. The lowest BCUT2D eigenvalue weighted by atomic mass is 10.1. The van der Waals surface area contributed by atoms with E-state index >= 15 is 0 Å². The Balaban J connectivity index is 2.06. The minimum absolute atomic E-state index is 0.371. The maximum absolute atomic E-state index is 11.1. The van der Waals surface area contributed by atoms with Gasteiger partial charge in [0.2, 0.25) is 0 Å². The maximum atomic E-state index is 11.1. The first-order valence-electron chi connectivity index (χ1n) is 6.38. The van der Waals surface area contributed by atoms with Gasteiger partial charge >= 0.3 is 5.97 Å². The molecular weight excluding hydrogens is 290 g/mol. The SMILES string of the molecule is Cc1ccc(SCc2csc(C(C)C)n2)cc1C(=O)O. The molecule has 2 rings (SSSR count). The van der Waals surface area contributed by atoms with Crippen LogP contribution in [0.5, 0.6) is 0 Å². The number of carboxylic acid groups (broad SMARTS) is 1. The Morgan fingerprint density at radius 1 is 1.45 bits per heavy atom. The predicted octanol–water partition coefficient (Wildman–Crippen LogP) is 4.57. The van der Waals surface area contributed by atoms with Gasteiger partial charge in [-0.2, -0.15) is 0 Å². The van der Waals surface area contributed by atoms with E-state index in [4.69, 9.17) is 5.11 Å². The molecule has 0 bridgehead atoms. The van der Waals surface area contributed by atoms with Crippen molar-refractivity contribution >= 4 is 29.1 Å². The Labute approximate surface area is 127 Å². The Bertz CT molecular complexity index is 620. The summed E-state index contributed by atoms with van der Waals surface area (Å²) >= 11 is 3.30. The number of hydrogen-bond donors (Lipinski definition) is 1. The molecule has 0 amide bonds. The van der Waals surface area contributed by atoms with Crippen molar-refractivity contribution < 1.29 is 9.90 Å². The van der Waals surface area contributed by atoms with Crippen LogP contribution < -0.4 is 0 Å². The van der Waals surface area contributed by atoms with Gasteiger partial charge in [-0.15, -0.1) is 23.1 Å². The summed E-state index contributed by atoms with van der Waals surface area (Å²) in [5.74, 6) is 0.350. The van der Waals surface area contributed by atoms with E-state index in [2.05, 4.69) is 24.2 Å². The molecule has 0 radical (unpaired) electrons. The molecule has 0 atom stereocenters. The molecule has 5 heteroatoms. The molecule has 1 N–H and O–H groups in total. The summed E-state index contributed by atoms with van der Waals surface area (Å²) < 4.78 is 0. The van der Waals surface area contributed by atoms with Crippen molar-refractivity contribution in [1.29, 1.82) is 0 Å². The summed E-state index contributed by atoms with van der Waals surface area (Å²) in [7, 11) is 0. The fourth-order valence-electron chi connectivity index (χ4n) is 1.73. The normalized spacial score (nSPS) is 11.0. The van der Waals surface area contributed by atoms with E-state index in [1.165, 1.54) is 0 Å². The second kappa shape index (κ2) is 6.41. The van der Waals surface area contributed by atoms with Crippen LogP contribution in [0.15, 0.2) is 28.5 Å². The van der Waals surface area contributed by atoms with Crippen molar-refractivity contribution in [2.45, 2.75) is 37.3 Å². The molecule has 0 fully saturated rings. The van der Waals surface area contributed by atoms with Gasteiger partial charge in [-0.25, -0.2) is 9.78 Å². The lowest BCUT2D eigenvalue weighted by molar-refractivity contribution is 0.0696. The van der Waals surface area contributed by atoms with Gasteiger partial charge < -0.3 is 5.11 Å². The molecular formula is C15H17NO2S2. The third kappa shape index (κ3) is 3.61. The van der Waals surface area contributed by atoms with E-state index < -0.39 is 5.97 Å². The van der Waals surface area contributed by atoms with Crippen LogP contribution in [0, 0.1) is 6.92 Å². The van der Waals surface area contributed by atoms with E-state index in [9.17, 15) is 4.79 Å². The highest BCUT2D eigenvalue weighted by Gasteiger charge is 2.09. The topological polar surface area (TPSA) is 50.2 Å². The molecule has 106 valence electrons. The maximum Gasteiger partial charge on any atom is 0.335 e. The summed E-state index contributed by atoms with van der Waals surface area (Å²) in [4.78, 5) is 16.7. The average Bonchev–Trinajstić information content (AvgIpc) is 2.86. The van der Waals surface area contributed by atoms with Gasteiger partial charge in [0.05, 0.1) is 16.3 Å². The van der Waals surface area contributed by atoms with Crippen molar-refractivity contribution in [2.24, 2.45) is 0 Å². The molecule has 1 heterocycles. The minimum Gasteiger partial charge on any atom is -0.478 e.